The van der Waals surface area contributed by atoms with E-state index in [0.29, 0.717) is 11.5 Å². The monoisotopic (exact) mass is 374 g/mol. The number of ether oxygens (including phenoxy) is 2. The van der Waals surface area contributed by atoms with Crippen molar-refractivity contribution in [2.24, 2.45) is 0 Å². The summed E-state index contributed by atoms with van der Waals surface area (Å²) in [5.41, 5.74) is 4.66. The highest BCUT2D eigenvalue weighted by Crippen LogP contribution is 2.35. The Morgan fingerprint density at radius 1 is 0.857 bits per heavy atom. The lowest BCUT2D eigenvalue weighted by molar-refractivity contribution is -0.117. The van der Waals surface area contributed by atoms with Crippen molar-refractivity contribution in [3.05, 3.63) is 83.4 Å². The Balaban J connectivity index is 1.61. The molecule has 0 saturated carbocycles. The number of fused-ring (bicyclic) bond motifs is 1. The van der Waals surface area contributed by atoms with Crippen LogP contribution in [0.3, 0.4) is 0 Å². The van der Waals surface area contributed by atoms with Crippen molar-refractivity contribution in [1.29, 1.82) is 0 Å². The molecule has 0 radical (unpaired) electrons. The molecule has 0 fully saturated rings. The van der Waals surface area contributed by atoms with Gasteiger partial charge in [-0.2, -0.15) is 0 Å². The molecule has 1 aliphatic heterocycles. The summed E-state index contributed by atoms with van der Waals surface area (Å²) in [6.45, 7) is 4.25. The average Bonchev–Trinajstić information content (AvgIpc) is 3.13. The summed E-state index contributed by atoms with van der Waals surface area (Å²) in [5.74, 6) is 1.25. The molecule has 1 aliphatic rings. The zero-order valence-corrected chi connectivity index (χ0v) is 15.9. The number of hydrogen-bond donors (Lipinski definition) is 2. The Kier molecular flexibility index (Phi) is 4.89. The van der Waals surface area contributed by atoms with Crippen molar-refractivity contribution in [2.75, 3.05) is 17.4 Å². The smallest absolute Gasteiger partial charge is 0.251 e. The molecule has 3 aromatic rings. The van der Waals surface area contributed by atoms with Crippen LogP contribution in [0.4, 0.5) is 11.4 Å². The van der Waals surface area contributed by atoms with Gasteiger partial charge in [0.05, 0.1) is 0 Å². The first-order valence-corrected chi connectivity index (χ1v) is 9.19. The van der Waals surface area contributed by atoms with Crippen LogP contribution in [-0.2, 0) is 4.79 Å². The van der Waals surface area contributed by atoms with E-state index in [9.17, 15) is 4.79 Å². The molecule has 0 aromatic heterocycles. The van der Waals surface area contributed by atoms with E-state index in [1.165, 1.54) is 0 Å². The molecular formula is C23H22N2O3. The first kappa shape index (κ1) is 17.9. The van der Waals surface area contributed by atoms with Crippen LogP contribution in [0.2, 0.25) is 0 Å². The van der Waals surface area contributed by atoms with Gasteiger partial charge in [0.2, 0.25) is 6.79 Å². The fourth-order valence-corrected chi connectivity index (χ4v) is 3.36. The summed E-state index contributed by atoms with van der Waals surface area (Å²) in [6.07, 6.45) is 0. The third kappa shape index (κ3) is 3.93. The molecule has 3 aromatic carbocycles. The van der Waals surface area contributed by atoms with Crippen molar-refractivity contribution in [3.8, 4) is 11.5 Å². The van der Waals surface area contributed by atoms with Gasteiger partial charge in [-0.05, 0) is 54.8 Å². The van der Waals surface area contributed by atoms with E-state index in [-0.39, 0.29) is 12.7 Å². The van der Waals surface area contributed by atoms with Gasteiger partial charge in [0.1, 0.15) is 6.04 Å². The topological polar surface area (TPSA) is 59.6 Å². The second-order valence-corrected chi connectivity index (χ2v) is 6.92. The fraction of sp³-hybridized carbons (Fsp3) is 0.174. The molecule has 1 unspecified atom stereocenters. The van der Waals surface area contributed by atoms with Crippen molar-refractivity contribution >= 4 is 17.3 Å². The molecule has 0 bridgehead atoms. The van der Waals surface area contributed by atoms with Crippen molar-refractivity contribution < 1.29 is 14.3 Å². The highest BCUT2D eigenvalue weighted by molar-refractivity contribution is 5.97. The lowest BCUT2D eigenvalue weighted by atomic mass is 10.0. The van der Waals surface area contributed by atoms with E-state index in [2.05, 4.69) is 16.7 Å². The van der Waals surface area contributed by atoms with Gasteiger partial charge in [0, 0.05) is 17.4 Å². The van der Waals surface area contributed by atoms with Gasteiger partial charge >= 0.3 is 0 Å². The lowest BCUT2D eigenvalue weighted by Gasteiger charge is -2.20. The summed E-state index contributed by atoms with van der Waals surface area (Å²) >= 11 is 0. The number of benzene rings is 3. The number of carbonyl (C=O) groups excluding carboxylic acids is 1. The van der Waals surface area contributed by atoms with Gasteiger partial charge in [-0.15, -0.1) is 0 Å². The number of anilines is 2. The number of nitrogens with one attached hydrogen (secondary N) is 2. The second kappa shape index (κ2) is 7.64. The molecule has 1 atom stereocenters. The number of hydrogen-bond acceptors (Lipinski definition) is 4. The SMILES string of the molecule is Cc1cc(C)cc(NC(=O)C(Nc2ccc3c(c2)OCO3)c2ccccc2)c1. The van der Waals surface area contributed by atoms with Gasteiger partial charge in [-0.25, -0.2) is 0 Å². The van der Waals surface area contributed by atoms with Crippen LogP contribution in [0.15, 0.2) is 66.7 Å². The van der Waals surface area contributed by atoms with Gasteiger partial charge in [-0.1, -0.05) is 36.4 Å². The zero-order chi connectivity index (χ0) is 19.5. The minimum atomic E-state index is -0.553. The van der Waals surface area contributed by atoms with Gasteiger partial charge in [0.15, 0.2) is 11.5 Å². The van der Waals surface area contributed by atoms with Crippen LogP contribution in [0, 0.1) is 13.8 Å². The normalized spacial score (nSPS) is 13.1. The Morgan fingerprint density at radius 2 is 1.57 bits per heavy atom. The highest BCUT2D eigenvalue weighted by Gasteiger charge is 2.22. The van der Waals surface area contributed by atoms with Crippen LogP contribution in [0.5, 0.6) is 11.5 Å². The molecule has 142 valence electrons. The van der Waals surface area contributed by atoms with Crippen LogP contribution < -0.4 is 20.1 Å². The molecule has 5 nitrogen and oxygen atoms in total. The van der Waals surface area contributed by atoms with Crippen molar-refractivity contribution in [1.82, 2.24) is 0 Å². The first-order chi connectivity index (χ1) is 13.6. The lowest BCUT2D eigenvalue weighted by Crippen LogP contribution is -2.27. The van der Waals surface area contributed by atoms with Crippen LogP contribution in [-0.4, -0.2) is 12.7 Å². The summed E-state index contributed by atoms with van der Waals surface area (Å²) < 4.78 is 10.8. The molecular weight excluding hydrogens is 352 g/mol. The fourth-order valence-electron chi connectivity index (χ4n) is 3.36. The van der Waals surface area contributed by atoms with Crippen LogP contribution in [0.1, 0.15) is 22.7 Å². The Bertz CT molecular complexity index is 982. The molecule has 4 rings (SSSR count). The van der Waals surface area contributed by atoms with Gasteiger partial charge in [-0.3, -0.25) is 4.79 Å². The largest absolute Gasteiger partial charge is 0.454 e. The Morgan fingerprint density at radius 3 is 2.32 bits per heavy atom. The molecule has 0 saturated heterocycles. The highest BCUT2D eigenvalue weighted by atomic mass is 16.7. The summed E-state index contributed by atoms with van der Waals surface area (Å²) in [7, 11) is 0. The second-order valence-electron chi connectivity index (χ2n) is 6.92. The maximum Gasteiger partial charge on any atom is 0.251 e. The third-order valence-corrected chi connectivity index (χ3v) is 4.57. The summed E-state index contributed by atoms with van der Waals surface area (Å²) in [4.78, 5) is 13.1. The molecule has 0 aliphatic carbocycles. The van der Waals surface area contributed by atoms with E-state index in [0.717, 1.165) is 28.1 Å². The zero-order valence-electron chi connectivity index (χ0n) is 15.9. The van der Waals surface area contributed by atoms with Gasteiger partial charge < -0.3 is 20.1 Å². The minimum absolute atomic E-state index is 0.131. The molecule has 28 heavy (non-hydrogen) atoms. The minimum Gasteiger partial charge on any atom is -0.454 e. The van der Waals surface area contributed by atoms with Crippen molar-refractivity contribution in [3.63, 3.8) is 0 Å². The maximum atomic E-state index is 13.1. The summed E-state index contributed by atoms with van der Waals surface area (Å²) in [6, 6.07) is 20.7. The Hall–Kier alpha value is -3.47. The van der Waals surface area contributed by atoms with E-state index in [1.54, 1.807) is 0 Å². The number of rotatable bonds is 5. The quantitative estimate of drug-likeness (QED) is 0.672. The van der Waals surface area contributed by atoms with Crippen molar-refractivity contribution in [2.45, 2.75) is 19.9 Å². The maximum absolute atomic E-state index is 13.1. The molecule has 0 spiro atoms. The number of aryl methyl sites for hydroxylation is 2. The van der Waals surface area contributed by atoms with Crippen LogP contribution >= 0.6 is 0 Å². The van der Waals surface area contributed by atoms with E-state index in [4.69, 9.17) is 9.47 Å². The Labute approximate surface area is 164 Å². The number of carbonyl (C=O) groups is 1. The molecule has 5 heteroatoms. The molecule has 1 heterocycles. The number of amides is 1. The van der Waals surface area contributed by atoms with E-state index in [1.807, 2.05) is 74.5 Å². The molecule has 1 amide bonds. The predicted octanol–water partition coefficient (Wildman–Crippen LogP) is 4.82. The van der Waals surface area contributed by atoms with E-state index < -0.39 is 6.04 Å². The predicted molar refractivity (Wildman–Crippen MR) is 110 cm³/mol. The van der Waals surface area contributed by atoms with E-state index >= 15 is 0 Å². The average molecular weight is 374 g/mol. The summed E-state index contributed by atoms with van der Waals surface area (Å²) in [5, 5.41) is 6.36. The third-order valence-electron chi connectivity index (χ3n) is 4.57. The van der Waals surface area contributed by atoms with Gasteiger partial charge in [0.25, 0.3) is 5.91 Å². The molecule has 2 N–H and O–H groups in total. The first-order valence-electron chi connectivity index (χ1n) is 9.19. The standard InChI is InChI=1S/C23H22N2O3/c1-15-10-16(2)12-19(11-15)25-23(26)22(17-6-4-3-5-7-17)24-18-8-9-20-21(13-18)28-14-27-20/h3-13,22,24H,14H2,1-2H3,(H,25,26). The van der Waals surface area contributed by atoms with Crippen LogP contribution in [0.25, 0.3) is 0 Å².